The summed E-state index contributed by atoms with van der Waals surface area (Å²) in [5.41, 5.74) is 2.51. The number of hydrogen-bond acceptors (Lipinski definition) is 5. The Labute approximate surface area is 139 Å². The Kier molecular flexibility index (Phi) is 4.37. The molecule has 0 radical (unpaired) electrons. The summed E-state index contributed by atoms with van der Waals surface area (Å²) in [6, 6.07) is 12.9. The van der Waals surface area contributed by atoms with Gasteiger partial charge >= 0.3 is 0 Å². The minimum atomic E-state index is -0.621. The van der Waals surface area contributed by atoms with Crippen molar-refractivity contribution in [3.05, 3.63) is 69.3 Å². The molecule has 0 aliphatic carbocycles. The van der Waals surface area contributed by atoms with Gasteiger partial charge in [-0.05, 0) is 29.8 Å². The van der Waals surface area contributed by atoms with Gasteiger partial charge < -0.3 is 14.2 Å². The predicted molar refractivity (Wildman–Crippen MR) is 89.5 cm³/mol. The van der Waals surface area contributed by atoms with Crippen LogP contribution in [0.3, 0.4) is 0 Å². The van der Waals surface area contributed by atoms with E-state index in [0.29, 0.717) is 17.3 Å². The fourth-order valence-corrected chi connectivity index (χ4v) is 2.74. The zero-order valence-electron chi connectivity index (χ0n) is 13.4. The van der Waals surface area contributed by atoms with Crippen molar-refractivity contribution in [2.75, 3.05) is 20.8 Å². The fraction of sp³-hybridized carbons (Fsp3) is 0.222. The van der Waals surface area contributed by atoms with E-state index in [2.05, 4.69) is 0 Å². The molecule has 2 aromatic carbocycles. The molecule has 24 heavy (non-hydrogen) atoms. The largest absolute Gasteiger partial charge is 0.493 e. The standard InChI is InChI=1S/C18H17NO5/c1-22-15-8-7-13(10-17(15)23-2)16-9-12-5-3-4-6-14(12)18(24-16)11-19(20)21/h3-10,18H,11H2,1-2H3. The molecule has 6 nitrogen and oxygen atoms in total. The monoisotopic (exact) mass is 327 g/mol. The minimum Gasteiger partial charge on any atom is -0.493 e. The number of methoxy groups -OCH3 is 2. The van der Waals surface area contributed by atoms with E-state index in [0.717, 1.165) is 16.7 Å². The van der Waals surface area contributed by atoms with Gasteiger partial charge in [-0.15, -0.1) is 0 Å². The molecule has 1 heterocycles. The molecule has 1 aliphatic heterocycles. The Morgan fingerprint density at radius 1 is 1.12 bits per heavy atom. The third-order valence-electron chi connectivity index (χ3n) is 3.88. The number of fused-ring (bicyclic) bond motifs is 1. The molecule has 0 saturated heterocycles. The lowest BCUT2D eigenvalue weighted by Gasteiger charge is -2.25. The Morgan fingerprint density at radius 2 is 1.88 bits per heavy atom. The summed E-state index contributed by atoms with van der Waals surface area (Å²) in [4.78, 5) is 10.6. The smallest absolute Gasteiger partial charge is 0.244 e. The Bertz CT molecular complexity index is 800. The van der Waals surface area contributed by atoms with Crippen LogP contribution in [0.4, 0.5) is 0 Å². The number of hydrogen-bond donors (Lipinski definition) is 0. The number of nitrogens with zero attached hydrogens (tertiary/aromatic N) is 1. The van der Waals surface area contributed by atoms with Crippen LogP contribution in [-0.2, 0) is 4.74 Å². The summed E-state index contributed by atoms with van der Waals surface area (Å²) in [6.45, 7) is -0.290. The molecule has 0 N–H and O–H groups in total. The van der Waals surface area contributed by atoms with Gasteiger partial charge in [0.2, 0.25) is 6.54 Å². The van der Waals surface area contributed by atoms with E-state index in [9.17, 15) is 10.1 Å². The van der Waals surface area contributed by atoms with Crippen molar-refractivity contribution < 1.29 is 19.1 Å². The van der Waals surface area contributed by atoms with Gasteiger partial charge in [0, 0.05) is 16.1 Å². The summed E-state index contributed by atoms with van der Waals surface area (Å²) >= 11 is 0. The first kappa shape index (κ1) is 15.9. The second-order valence-electron chi connectivity index (χ2n) is 5.33. The van der Waals surface area contributed by atoms with Crippen LogP contribution in [0.1, 0.15) is 22.8 Å². The zero-order valence-corrected chi connectivity index (χ0v) is 13.4. The third kappa shape index (κ3) is 3.03. The minimum absolute atomic E-state index is 0.290. The maximum atomic E-state index is 11.0. The van der Waals surface area contributed by atoms with E-state index in [-0.39, 0.29) is 11.5 Å². The van der Waals surface area contributed by atoms with Crippen molar-refractivity contribution in [1.82, 2.24) is 0 Å². The third-order valence-corrected chi connectivity index (χ3v) is 3.88. The first-order chi connectivity index (χ1) is 11.6. The molecule has 0 aromatic heterocycles. The van der Waals surface area contributed by atoms with E-state index in [1.165, 1.54) is 0 Å². The molecule has 2 aromatic rings. The second-order valence-corrected chi connectivity index (χ2v) is 5.33. The summed E-state index contributed by atoms with van der Waals surface area (Å²) in [6.07, 6.45) is 1.26. The van der Waals surface area contributed by atoms with E-state index < -0.39 is 6.10 Å². The van der Waals surface area contributed by atoms with Crippen molar-refractivity contribution in [2.45, 2.75) is 6.10 Å². The number of rotatable bonds is 5. The highest BCUT2D eigenvalue weighted by molar-refractivity contribution is 5.81. The summed E-state index contributed by atoms with van der Waals surface area (Å²) < 4.78 is 16.5. The van der Waals surface area contributed by atoms with Crippen LogP contribution in [0, 0.1) is 10.1 Å². The zero-order chi connectivity index (χ0) is 17.1. The van der Waals surface area contributed by atoms with Gasteiger partial charge in [-0.25, -0.2) is 0 Å². The highest BCUT2D eigenvalue weighted by Crippen LogP contribution is 2.38. The highest BCUT2D eigenvalue weighted by atomic mass is 16.6. The van der Waals surface area contributed by atoms with Crippen LogP contribution in [0.25, 0.3) is 11.8 Å². The van der Waals surface area contributed by atoms with Gasteiger partial charge in [-0.1, -0.05) is 24.3 Å². The van der Waals surface area contributed by atoms with Gasteiger partial charge in [0.25, 0.3) is 0 Å². The van der Waals surface area contributed by atoms with Crippen molar-refractivity contribution in [2.24, 2.45) is 0 Å². The maximum absolute atomic E-state index is 11.0. The second kappa shape index (κ2) is 6.62. The normalized spacial score (nSPS) is 15.8. The first-order valence-corrected chi connectivity index (χ1v) is 7.44. The van der Waals surface area contributed by atoms with Gasteiger partial charge in [0.15, 0.2) is 17.6 Å². The van der Waals surface area contributed by atoms with Gasteiger partial charge in [0.1, 0.15) is 5.76 Å². The molecule has 124 valence electrons. The van der Waals surface area contributed by atoms with Crippen molar-refractivity contribution in [3.8, 4) is 11.5 Å². The van der Waals surface area contributed by atoms with Gasteiger partial charge in [0.05, 0.1) is 14.2 Å². The van der Waals surface area contributed by atoms with Crippen LogP contribution in [0.5, 0.6) is 11.5 Å². The molecular weight excluding hydrogens is 310 g/mol. The summed E-state index contributed by atoms with van der Waals surface area (Å²) in [5.74, 6) is 1.76. The molecule has 0 saturated carbocycles. The number of nitro groups is 1. The summed E-state index contributed by atoms with van der Waals surface area (Å²) in [5, 5.41) is 11.0. The lowest BCUT2D eigenvalue weighted by molar-refractivity contribution is -0.491. The Balaban J connectivity index is 2.02. The number of ether oxygens (including phenoxy) is 3. The van der Waals surface area contributed by atoms with Crippen molar-refractivity contribution >= 4 is 11.8 Å². The Morgan fingerprint density at radius 3 is 2.58 bits per heavy atom. The molecule has 3 rings (SSSR count). The predicted octanol–water partition coefficient (Wildman–Crippen LogP) is 3.55. The quantitative estimate of drug-likeness (QED) is 0.620. The maximum Gasteiger partial charge on any atom is 0.244 e. The lowest BCUT2D eigenvalue weighted by atomic mass is 9.97. The van der Waals surface area contributed by atoms with E-state index in [1.807, 2.05) is 36.4 Å². The molecule has 6 heteroatoms. The van der Waals surface area contributed by atoms with Crippen LogP contribution in [0.15, 0.2) is 42.5 Å². The van der Waals surface area contributed by atoms with E-state index in [4.69, 9.17) is 14.2 Å². The molecule has 0 spiro atoms. The average Bonchev–Trinajstić information content (AvgIpc) is 2.60. The van der Waals surface area contributed by atoms with Crippen LogP contribution in [0.2, 0.25) is 0 Å². The molecule has 0 fully saturated rings. The van der Waals surface area contributed by atoms with Crippen LogP contribution in [-0.4, -0.2) is 25.7 Å². The molecule has 1 unspecified atom stereocenters. The average molecular weight is 327 g/mol. The number of benzene rings is 2. The molecule has 1 atom stereocenters. The molecule has 0 amide bonds. The van der Waals surface area contributed by atoms with Gasteiger partial charge in [-0.2, -0.15) is 0 Å². The van der Waals surface area contributed by atoms with E-state index in [1.54, 1.807) is 26.4 Å². The fourth-order valence-electron chi connectivity index (χ4n) is 2.74. The highest BCUT2D eigenvalue weighted by Gasteiger charge is 2.27. The molecule has 1 aliphatic rings. The summed E-state index contributed by atoms with van der Waals surface area (Å²) in [7, 11) is 3.12. The van der Waals surface area contributed by atoms with Crippen molar-refractivity contribution in [1.29, 1.82) is 0 Å². The van der Waals surface area contributed by atoms with Crippen LogP contribution < -0.4 is 9.47 Å². The van der Waals surface area contributed by atoms with Crippen molar-refractivity contribution in [3.63, 3.8) is 0 Å². The van der Waals surface area contributed by atoms with Crippen LogP contribution >= 0.6 is 0 Å². The first-order valence-electron chi connectivity index (χ1n) is 7.44. The topological polar surface area (TPSA) is 70.8 Å². The molecule has 0 bridgehead atoms. The van der Waals surface area contributed by atoms with E-state index >= 15 is 0 Å². The Hall–Kier alpha value is -3.02. The van der Waals surface area contributed by atoms with Gasteiger partial charge in [-0.3, -0.25) is 10.1 Å². The SMILES string of the molecule is COc1ccc(C2=Cc3ccccc3C(C[N+](=O)[O-])O2)cc1OC. The molecular formula is C18H17NO5. The lowest BCUT2D eigenvalue weighted by Crippen LogP contribution is -2.18.